The molecule has 0 saturated heterocycles. The minimum atomic E-state index is -4.66. The van der Waals surface area contributed by atoms with Crippen LogP contribution in [0, 0.1) is 0 Å². The average molecular weight is 379 g/mol. The maximum absolute atomic E-state index is 13.2. The smallest absolute Gasteiger partial charge is 0.360 e. The predicted octanol–water partition coefficient (Wildman–Crippen LogP) is 3.61. The van der Waals surface area contributed by atoms with Crippen LogP contribution in [-0.2, 0) is 0 Å². The average Bonchev–Trinajstić information content (AvgIpc) is 3.34. The molecule has 1 saturated carbocycles. The highest BCUT2D eigenvalue weighted by molar-refractivity contribution is 7.82. The van der Waals surface area contributed by atoms with Gasteiger partial charge in [0, 0.05) is 11.6 Å². The van der Waals surface area contributed by atoms with Gasteiger partial charge in [0.25, 0.3) is 0 Å². The lowest BCUT2D eigenvalue weighted by Crippen LogP contribution is -2.44. The summed E-state index contributed by atoms with van der Waals surface area (Å²) in [6.07, 6.45) is 0.0821. The number of nitrogens with one attached hydrogen (secondary N) is 1. The van der Waals surface area contributed by atoms with E-state index in [2.05, 4.69) is 20.0 Å². The molecular formula is C17H16F3N5S. The molecule has 3 heterocycles. The first-order chi connectivity index (χ1) is 12.3. The van der Waals surface area contributed by atoms with Crippen LogP contribution in [0.4, 0.5) is 13.2 Å². The Balaban J connectivity index is 1.73. The van der Waals surface area contributed by atoms with Crippen LogP contribution in [0.15, 0.2) is 28.4 Å². The molecule has 2 unspecified atom stereocenters. The molecule has 1 fully saturated rings. The molecule has 136 valence electrons. The van der Waals surface area contributed by atoms with Crippen molar-refractivity contribution >= 4 is 39.5 Å². The van der Waals surface area contributed by atoms with Gasteiger partial charge >= 0.3 is 6.18 Å². The highest BCUT2D eigenvalue weighted by Gasteiger charge is 2.42. The number of amidine groups is 1. The number of halogens is 3. The first kappa shape index (κ1) is 17.3. The second-order valence-electron chi connectivity index (χ2n) is 6.65. The fraction of sp³-hybridized carbons (Fsp3) is 0.412. The lowest BCUT2D eigenvalue weighted by Gasteiger charge is -2.22. The highest BCUT2D eigenvalue weighted by Crippen LogP contribution is 2.43. The number of nitrogens with zero attached hydrogens (tertiary/aromatic N) is 3. The first-order valence-electron chi connectivity index (χ1n) is 8.26. The molecule has 2 atom stereocenters. The summed E-state index contributed by atoms with van der Waals surface area (Å²) in [6, 6.07) is 1.90. The van der Waals surface area contributed by atoms with Crippen LogP contribution in [0.2, 0.25) is 0 Å². The van der Waals surface area contributed by atoms with E-state index in [4.69, 9.17) is 18.0 Å². The molecule has 5 nitrogen and oxygen atoms in total. The lowest BCUT2D eigenvalue weighted by atomic mass is 10.0. The number of thiocarbonyl (C=S) groups is 1. The molecule has 2 aromatic heterocycles. The van der Waals surface area contributed by atoms with Gasteiger partial charge in [0.2, 0.25) is 0 Å². The summed E-state index contributed by atoms with van der Waals surface area (Å²) >= 11 is 4.76. The number of aromatic nitrogens is 2. The third-order valence-corrected chi connectivity index (χ3v) is 5.17. The van der Waals surface area contributed by atoms with E-state index >= 15 is 0 Å². The van der Waals surface area contributed by atoms with Gasteiger partial charge in [0.15, 0.2) is 5.71 Å². The Morgan fingerprint density at radius 1 is 1.35 bits per heavy atom. The Hall–Kier alpha value is -2.13. The second-order valence-corrected chi connectivity index (χ2v) is 7.09. The van der Waals surface area contributed by atoms with Gasteiger partial charge in [-0.15, -0.1) is 0 Å². The quantitative estimate of drug-likeness (QED) is 0.800. The number of alkyl halides is 3. The van der Waals surface area contributed by atoms with E-state index in [1.807, 2.05) is 12.3 Å². The van der Waals surface area contributed by atoms with Crippen molar-refractivity contribution < 1.29 is 13.2 Å². The van der Waals surface area contributed by atoms with Crippen LogP contribution < -0.4 is 5.73 Å². The van der Waals surface area contributed by atoms with Crippen LogP contribution in [0.25, 0.3) is 10.9 Å². The van der Waals surface area contributed by atoms with Crippen LogP contribution >= 0.6 is 12.2 Å². The Morgan fingerprint density at radius 3 is 2.73 bits per heavy atom. The normalized spacial score (nSPS) is 22.3. The highest BCUT2D eigenvalue weighted by atomic mass is 32.1. The summed E-state index contributed by atoms with van der Waals surface area (Å²) in [5.41, 5.74) is 7.27. The molecule has 0 amide bonds. The van der Waals surface area contributed by atoms with E-state index < -0.39 is 28.8 Å². The Morgan fingerprint density at radius 2 is 2.08 bits per heavy atom. The van der Waals surface area contributed by atoms with Gasteiger partial charge in [-0.3, -0.25) is 4.98 Å². The summed E-state index contributed by atoms with van der Waals surface area (Å²) in [4.78, 5) is 14.8. The van der Waals surface area contributed by atoms with Gasteiger partial charge in [0.1, 0.15) is 12.0 Å². The maximum Gasteiger partial charge on any atom is 0.434 e. The number of aliphatic imine (C=N–C) groups is 2. The molecule has 4 rings (SSSR count). The number of hydrogen-bond donors (Lipinski definition) is 2. The molecule has 0 aromatic carbocycles. The minimum Gasteiger partial charge on any atom is -0.360 e. The van der Waals surface area contributed by atoms with Gasteiger partial charge in [-0.2, -0.15) is 13.2 Å². The molecule has 0 radical (unpaired) electrons. The fourth-order valence-corrected chi connectivity index (χ4v) is 3.33. The SMILES string of the molecule is CC(C1=NC(N)C(=S)C(C(F)(F)F)=N1)c1cc2c(C3CC3)c[nH]c2cn1. The van der Waals surface area contributed by atoms with E-state index in [1.165, 1.54) is 5.56 Å². The third kappa shape index (κ3) is 2.95. The molecule has 0 spiro atoms. The van der Waals surface area contributed by atoms with Crippen LogP contribution in [-0.4, -0.2) is 38.7 Å². The van der Waals surface area contributed by atoms with E-state index in [-0.39, 0.29) is 5.84 Å². The fourth-order valence-electron chi connectivity index (χ4n) is 3.11. The minimum absolute atomic E-state index is 0.00576. The monoisotopic (exact) mass is 379 g/mol. The Labute approximate surface area is 152 Å². The summed E-state index contributed by atoms with van der Waals surface area (Å²) < 4.78 is 39.5. The number of nitrogens with two attached hydrogens (primary N) is 1. The molecule has 2 aliphatic rings. The van der Waals surface area contributed by atoms with Crippen molar-refractivity contribution in [2.75, 3.05) is 0 Å². The largest absolute Gasteiger partial charge is 0.434 e. The van der Waals surface area contributed by atoms with Crippen molar-refractivity contribution in [3.63, 3.8) is 0 Å². The molecule has 3 N–H and O–H groups in total. The lowest BCUT2D eigenvalue weighted by molar-refractivity contribution is -0.0566. The standard InChI is InChI=1S/C17H16F3N5S/c1-7(16-24-14(17(18,19)20)13(26)15(21)25-16)11-4-9-10(8-2-3-8)5-22-12(9)6-23-11/h4-8,15,22H,2-3,21H2,1H3. The van der Waals surface area contributed by atoms with Crippen molar-refractivity contribution in [2.24, 2.45) is 15.7 Å². The van der Waals surface area contributed by atoms with Crippen molar-refractivity contribution in [1.29, 1.82) is 0 Å². The van der Waals surface area contributed by atoms with E-state index in [0.29, 0.717) is 11.6 Å². The van der Waals surface area contributed by atoms with Gasteiger partial charge in [0.05, 0.1) is 28.2 Å². The molecule has 26 heavy (non-hydrogen) atoms. The van der Waals surface area contributed by atoms with Crippen molar-refractivity contribution in [3.05, 3.63) is 29.7 Å². The summed E-state index contributed by atoms with van der Waals surface area (Å²) in [6.45, 7) is 1.72. The van der Waals surface area contributed by atoms with Crippen LogP contribution in [0.3, 0.4) is 0 Å². The number of H-pyrrole nitrogens is 1. The van der Waals surface area contributed by atoms with Gasteiger partial charge in [-0.25, -0.2) is 9.98 Å². The molecule has 2 aromatic rings. The molecule has 1 aliphatic heterocycles. The van der Waals surface area contributed by atoms with E-state index in [0.717, 1.165) is 23.7 Å². The molecule has 0 bridgehead atoms. The number of pyridine rings is 1. The number of aromatic amines is 1. The second kappa shape index (κ2) is 5.95. The number of fused-ring (bicyclic) bond motifs is 1. The Kier molecular flexibility index (Phi) is 3.96. The van der Waals surface area contributed by atoms with Crippen molar-refractivity contribution in [2.45, 2.75) is 43.9 Å². The van der Waals surface area contributed by atoms with E-state index in [1.54, 1.807) is 13.1 Å². The van der Waals surface area contributed by atoms with Gasteiger partial charge in [-0.1, -0.05) is 12.2 Å². The van der Waals surface area contributed by atoms with Crippen LogP contribution in [0.1, 0.15) is 42.9 Å². The van der Waals surface area contributed by atoms with Gasteiger partial charge < -0.3 is 10.7 Å². The van der Waals surface area contributed by atoms with Crippen molar-refractivity contribution in [3.8, 4) is 0 Å². The summed E-state index contributed by atoms with van der Waals surface area (Å²) in [7, 11) is 0. The maximum atomic E-state index is 13.2. The Bertz CT molecular complexity index is 955. The van der Waals surface area contributed by atoms with E-state index in [9.17, 15) is 13.2 Å². The topological polar surface area (TPSA) is 79.4 Å². The zero-order valence-electron chi connectivity index (χ0n) is 13.8. The molecule has 9 heteroatoms. The predicted molar refractivity (Wildman–Crippen MR) is 98.0 cm³/mol. The third-order valence-electron chi connectivity index (χ3n) is 4.74. The summed E-state index contributed by atoms with van der Waals surface area (Å²) in [5.74, 6) is 0.00334. The van der Waals surface area contributed by atoms with Gasteiger partial charge in [-0.05, 0) is 37.3 Å². The van der Waals surface area contributed by atoms with Crippen LogP contribution in [0.5, 0.6) is 0 Å². The number of hydrogen-bond acceptors (Lipinski definition) is 5. The number of rotatable bonds is 3. The van der Waals surface area contributed by atoms with Crippen molar-refractivity contribution in [1.82, 2.24) is 9.97 Å². The zero-order valence-corrected chi connectivity index (χ0v) is 14.7. The summed E-state index contributed by atoms with van der Waals surface area (Å²) in [5, 5.41) is 1.04. The zero-order chi connectivity index (χ0) is 18.6. The first-order valence-corrected chi connectivity index (χ1v) is 8.67. The molecule has 1 aliphatic carbocycles. The molecular weight excluding hydrogens is 363 g/mol.